The Morgan fingerprint density at radius 1 is 1.38 bits per heavy atom. The summed E-state index contributed by atoms with van der Waals surface area (Å²) in [4.78, 5) is 25.6. The van der Waals surface area contributed by atoms with E-state index in [1.807, 2.05) is 31.2 Å². The molecule has 5 nitrogen and oxygen atoms in total. The topological polar surface area (TPSA) is 83.6 Å². The molecule has 3 N–H and O–H groups in total. The zero-order valence-electron chi connectivity index (χ0n) is 12.3. The smallest absolute Gasteiger partial charge is 0.326 e. The van der Waals surface area contributed by atoms with E-state index in [1.165, 1.54) is 4.90 Å². The summed E-state index contributed by atoms with van der Waals surface area (Å²) in [6, 6.07) is 6.94. The molecule has 21 heavy (non-hydrogen) atoms. The van der Waals surface area contributed by atoms with Gasteiger partial charge in [-0.25, -0.2) is 4.79 Å². The van der Waals surface area contributed by atoms with Crippen LogP contribution < -0.4 is 5.73 Å². The van der Waals surface area contributed by atoms with Crippen molar-refractivity contribution in [3.8, 4) is 0 Å². The standard InChI is InChI=1S/C16H22N2O3/c1-11(5-4-8-17)15(19)18-10-13-7-3-2-6-12(13)9-14(18)16(20)21/h2-3,6-7,11,14H,4-5,8-10,17H2,1H3,(H,20,21)/t11?,14-/m0/s1. The van der Waals surface area contributed by atoms with Gasteiger partial charge in [0.25, 0.3) is 0 Å². The van der Waals surface area contributed by atoms with E-state index in [-0.39, 0.29) is 11.8 Å². The number of hydrogen-bond acceptors (Lipinski definition) is 3. The van der Waals surface area contributed by atoms with Gasteiger partial charge in [-0.05, 0) is 30.5 Å². The van der Waals surface area contributed by atoms with Gasteiger partial charge in [0.05, 0.1) is 0 Å². The van der Waals surface area contributed by atoms with Crippen molar-refractivity contribution in [2.24, 2.45) is 11.7 Å². The highest BCUT2D eigenvalue weighted by Crippen LogP contribution is 2.25. The van der Waals surface area contributed by atoms with Crippen molar-refractivity contribution < 1.29 is 14.7 Å². The van der Waals surface area contributed by atoms with Gasteiger partial charge in [-0.15, -0.1) is 0 Å². The molecular formula is C16H22N2O3. The Hall–Kier alpha value is -1.88. The number of nitrogens with zero attached hydrogens (tertiary/aromatic N) is 1. The molecule has 0 aromatic heterocycles. The molecule has 0 saturated heterocycles. The average Bonchev–Trinajstić information content (AvgIpc) is 2.50. The van der Waals surface area contributed by atoms with Crippen LogP contribution in [-0.2, 0) is 22.6 Å². The minimum Gasteiger partial charge on any atom is -0.480 e. The molecule has 0 spiro atoms. The fourth-order valence-electron chi connectivity index (χ4n) is 2.81. The molecule has 0 bridgehead atoms. The maximum Gasteiger partial charge on any atom is 0.326 e. The summed E-state index contributed by atoms with van der Waals surface area (Å²) in [5.41, 5.74) is 7.53. The van der Waals surface area contributed by atoms with Crippen LogP contribution >= 0.6 is 0 Å². The van der Waals surface area contributed by atoms with E-state index in [0.717, 1.165) is 17.5 Å². The Morgan fingerprint density at radius 3 is 2.67 bits per heavy atom. The average molecular weight is 290 g/mol. The second kappa shape index (κ2) is 6.72. The molecule has 1 unspecified atom stereocenters. The van der Waals surface area contributed by atoms with Crippen molar-refractivity contribution in [2.45, 2.75) is 38.8 Å². The number of carbonyl (C=O) groups is 2. The second-order valence-corrected chi connectivity index (χ2v) is 5.62. The third-order valence-corrected chi connectivity index (χ3v) is 4.08. The summed E-state index contributed by atoms with van der Waals surface area (Å²) < 4.78 is 0. The normalized spacial score (nSPS) is 19.0. The van der Waals surface area contributed by atoms with Crippen molar-refractivity contribution in [1.82, 2.24) is 4.90 Å². The van der Waals surface area contributed by atoms with Crippen molar-refractivity contribution in [3.05, 3.63) is 35.4 Å². The number of carbonyl (C=O) groups excluding carboxylic acids is 1. The van der Waals surface area contributed by atoms with E-state index in [4.69, 9.17) is 5.73 Å². The zero-order chi connectivity index (χ0) is 15.4. The molecule has 0 aliphatic carbocycles. The fourth-order valence-corrected chi connectivity index (χ4v) is 2.81. The number of carboxylic acids is 1. The Kier molecular flexibility index (Phi) is 4.96. The Bertz CT molecular complexity index is 530. The lowest BCUT2D eigenvalue weighted by molar-refractivity contribution is -0.153. The summed E-state index contributed by atoms with van der Waals surface area (Å²) in [6.07, 6.45) is 1.84. The predicted octanol–water partition coefficient (Wildman–Crippen LogP) is 1.40. The summed E-state index contributed by atoms with van der Waals surface area (Å²) >= 11 is 0. The van der Waals surface area contributed by atoms with E-state index in [9.17, 15) is 14.7 Å². The summed E-state index contributed by atoms with van der Waals surface area (Å²) in [6.45, 7) is 2.76. The number of nitrogens with two attached hydrogens (primary N) is 1. The summed E-state index contributed by atoms with van der Waals surface area (Å²) in [5.74, 6) is -1.23. The van der Waals surface area contributed by atoms with Gasteiger partial charge in [-0.2, -0.15) is 0 Å². The van der Waals surface area contributed by atoms with Crippen LogP contribution in [0.25, 0.3) is 0 Å². The molecule has 1 aliphatic heterocycles. The lowest BCUT2D eigenvalue weighted by Gasteiger charge is -2.36. The molecule has 0 saturated carbocycles. The third-order valence-electron chi connectivity index (χ3n) is 4.08. The van der Waals surface area contributed by atoms with E-state index in [0.29, 0.717) is 25.9 Å². The van der Waals surface area contributed by atoms with Gasteiger partial charge >= 0.3 is 5.97 Å². The lowest BCUT2D eigenvalue weighted by Crippen LogP contribution is -2.50. The zero-order valence-corrected chi connectivity index (χ0v) is 12.3. The number of fused-ring (bicyclic) bond motifs is 1. The molecule has 2 atom stereocenters. The van der Waals surface area contributed by atoms with E-state index < -0.39 is 12.0 Å². The highest BCUT2D eigenvalue weighted by Gasteiger charge is 2.35. The van der Waals surface area contributed by atoms with Crippen LogP contribution in [0.1, 0.15) is 30.9 Å². The molecule has 1 heterocycles. The van der Waals surface area contributed by atoms with Gasteiger partial charge in [0.1, 0.15) is 6.04 Å². The van der Waals surface area contributed by atoms with Gasteiger partial charge in [-0.1, -0.05) is 31.2 Å². The number of amides is 1. The van der Waals surface area contributed by atoms with Crippen LogP contribution in [0.3, 0.4) is 0 Å². The Morgan fingerprint density at radius 2 is 2.05 bits per heavy atom. The molecule has 1 aromatic rings. The Balaban J connectivity index is 2.20. The first-order chi connectivity index (χ1) is 10.0. The maximum absolute atomic E-state index is 12.6. The van der Waals surface area contributed by atoms with E-state index in [1.54, 1.807) is 0 Å². The molecule has 0 fully saturated rings. The quantitative estimate of drug-likeness (QED) is 0.858. The molecule has 1 aliphatic rings. The molecule has 1 aromatic carbocycles. The molecule has 114 valence electrons. The number of aliphatic carboxylic acids is 1. The van der Waals surface area contributed by atoms with Gasteiger partial charge < -0.3 is 15.7 Å². The highest BCUT2D eigenvalue weighted by atomic mass is 16.4. The molecule has 2 rings (SSSR count). The SMILES string of the molecule is CC(CCCN)C(=O)N1Cc2ccccc2C[C@H]1C(=O)O. The van der Waals surface area contributed by atoms with Gasteiger partial charge in [0, 0.05) is 18.9 Å². The number of hydrogen-bond donors (Lipinski definition) is 2. The van der Waals surface area contributed by atoms with Crippen molar-refractivity contribution in [1.29, 1.82) is 0 Å². The number of benzene rings is 1. The maximum atomic E-state index is 12.6. The summed E-state index contributed by atoms with van der Waals surface area (Å²) in [5, 5.41) is 9.43. The molecule has 1 amide bonds. The largest absolute Gasteiger partial charge is 0.480 e. The van der Waals surface area contributed by atoms with Crippen molar-refractivity contribution in [3.63, 3.8) is 0 Å². The van der Waals surface area contributed by atoms with Crippen LogP contribution in [0, 0.1) is 5.92 Å². The third kappa shape index (κ3) is 3.42. The second-order valence-electron chi connectivity index (χ2n) is 5.62. The van der Waals surface area contributed by atoms with Crippen LogP contribution in [0.2, 0.25) is 0 Å². The monoisotopic (exact) mass is 290 g/mol. The van der Waals surface area contributed by atoms with E-state index in [2.05, 4.69) is 0 Å². The fraction of sp³-hybridized carbons (Fsp3) is 0.500. The lowest BCUT2D eigenvalue weighted by atomic mass is 9.92. The van der Waals surface area contributed by atoms with Gasteiger partial charge in [0.15, 0.2) is 0 Å². The minimum atomic E-state index is -0.941. The molecule has 0 radical (unpaired) electrons. The number of rotatable bonds is 5. The minimum absolute atomic E-state index is 0.0923. The highest BCUT2D eigenvalue weighted by molar-refractivity contribution is 5.85. The predicted molar refractivity (Wildman–Crippen MR) is 79.6 cm³/mol. The summed E-state index contributed by atoms with van der Waals surface area (Å²) in [7, 11) is 0. The Labute approximate surface area is 124 Å². The first kappa shape index (κ1) is 15.5. The first-order valence-electron chi connectivity index (χ1n) is 7.34. The van der Waals surface area contributed by atoms with E-state index >= 15 is 0 Å². The van der Waals surface area contributed by atoms with Crippen LogP contribution in [0.5, 0.6) is 0 Å². The van der Waals surface area contributed by atoms with Crippen molar-refractivity contribution in [2.75, 3.05) is 6.54 Å². The molecular weight excluding hydrogens is 268 g/mol. The van der Waals surface area contributed by atoms with Crippen LogP contribution in [0.4, 0.5) is 0 Å². The van der Waals surface area contributed by atoms with Gasteiger partial charge in [0.2, 0.25) is 5.91 Å². The van der Waals surface area contributed by atoms with Gasteiger partial charge in [-0.3, -0.25) is 4.79 Å². The van der Waals surface area contributed by atoms with Crippen molar-refractivity contribution >= 4 is 11.9 Å². The van der Waals surface area contributed by atoms with Crippen LogP contribution in [0.15, 0.2) is 24.3 Å². The van der Waals surface area contributed by atoms with Crippen LogP contribution in [-0.4, -0.2) is 34.5 Å². The molecule has 5 heteroatoms. The number of carboxylic acid groups (broad SMARTS) is 1. The first-order valence-corrected chi connectivity index (χ1v) is 7.34.